The van der Waals surface area contributed by atoms with E-state index >= 15 is 0 Å². The summed E-state index contributed by atoms with van der Waals surface area (Å²) in [4.78, 5) is 19.5. The van der Waals surface area contributed by atoms with E-state index in [9.17, 15) is 28.1 Å². The number of hydrogen-bond donors (Lipinski definition) is 0. The summed E-state index contributed by atoms with van der Waals surface area (Å²) in [6, 6.07) is 1.91. The van der Waals surface area contributed by atoms with Crippen molar-refractivity contribution in [1.29, 1.82) is 0 Å². The highest BCUT2D eigenvalue weighted by Crippen LogP contribution is 2.32. The smallest absolute Gasteiger partial charge is 0.289 e. The molecule has 1 aromatic carbocycles. The fourth-order valence-corrected chi connectivity index (χ4v) is 1.07. The number of carbonyl (C=O) groups excluding carboxylic acids is 1. The molecule has 0 unspecified atom stereocenters. The Hall–Kier alpha value is -2.36. The molecule has 88 valence electrons. The standard InChI is InChI=1S/C10H4F3NO3/c11-10(12,13)8-4-3-7(2-1-5-15)9(6-8)14(16)17/h3-6H. The zero-order chi connectivity index (χ0) is 13.1. The van der Waals surface area contributed by atoms with Gasteiger partial charge in [-0.25, -0.2) is 0 Å². The summed E-state index contributed by atoms with van der Waals surface area (Å²) in [5.74, 6) is 4.00. The molecule has 0 heterocycles. The number of nitrogens with zero attached hydrogens (tertiary/aromatic N) is 1. The molecule has 4 nitrogen and oxygen atoms in total. The van der Waals surface area contributed by atoms with Crippen LogP contribution in [0.4, 0.5) is 18.9 Å². The zero-order valence-electron chi connectivity index (χ0n) is 8.12. The van der Waals surface area contributed by atoms with Crippen molar-refractivity contribution in [2.45, 2.75) is 6.18 Å². The molecule has 0 N–H and O–H groups in total. The Labute approximate surface area is 93.2 Å². The number of hydrogen-bond acceptors (Lipinski definition) is 3. The molecule has 0 aliphatic rings. The molecule has 1 aromatic rings. The SMILES string of the molecule is O=CC#Cc1ccc(C(F)(F)F)cc1[N+](=O)[O-]. The molecule has 0 aliphatic heterocycles. The zero-order valence-corrected chi connectivity index (χ0v) is 8.12. The Bertz CT molecular complexity index is 526. The van der Waals surface area contributed by atoms with Crippen molar-refractivity contribution in [3.8, 4) is 11.8 Å². The van der Waals surface area contributed by atoms with Crippen LogP contribution in [0, 0.1) is 22.0 Å². The van der Waals surface area contributed by atoms with E-state index in [1.807, 2.05) is 5.92 Å². The first-order chi connectivity index (χ1) is 7.86. The van der Waals surface area contributed by atoms with Gasteiger partial charge in [0.15, 0.2) is 6.29 Å². The van der Waals surface area contributed by atoms with E-state index in [1.165, 1.54) is 0 Å². The minimum atomic E-state index is -4.67. The maximum absolute atomic E-state index is 12.3. The largest absolute Gasteiger partial charge is 0.416 e. The lowest BCUT2D eigenvalue weighted by atomic mass is 10.1. The van der Waals surface area contributed by atoms with Crippen molar-refractivity contribution < 1.29 is 22.9 Å². The minimum Gasteiger partial charge on any atom is -0.289 e. The molecular weight excluding hydrogens is 239 g/mol. The molecule has 0 radical (unpaired) electrons. The Morgan fingerprint density at radius 1 is 1.35 bits per heavy atom. The molecule has 0 fully saturated rings. The van der Waals surface area contributed by atoms with Crippen LogP contribution in [-0.2, 0) is 11.0 Å². The second-order valence-electron chi connectivity index (χ2n) is 2.87. The van der Waals surface area contributed by atoms with Gasteiger partial charge in [0.2, 0.25) is 0 Å². The number of rotatable bonds is 1. The fourth-order valence-electron chi connectivity index (χ4n) is 1.07. The summed E-state index contributed by atoms with van der Waals surface area (Å²) in [7, 11) is 0. The molecule has 17 heavy (non-hydrogen) atoms. The Kier molecular flexibility index (Phi) is 3.48. The van der Waals surface area contributed by atoms with E-state index in [4.69, 9.17) is 0 Å². The maximum Gasteiger partial charge on any atom is 0.416 e. The van der Waals surface area contributed by atoms with Crippen molar-refractivity contribution in [2.24, 2.45) is 0 Å². The predicted octanol–water partition coefficient (Wildman–Crippen LogP) is 2.16. The van der Waals surface area contributed by atoms with Gasteiger partial charge in [-0.05, 0) is 18.1 Å². The number of aldehydes is 1. The van der Waals surface area contributed by atoms with Crippen molar-refractivity contribution in [1.82, 2.24) is 0 Å². The molecular formula is C10H4F3NO3. The summed E-state index contributed by atoms with van der Waals surface area (Å²) in [5.41, 5.74) is -2.16. The van der Waals surface area contributed by atoms with E-state index in [0.29, 0.717) is 12.1 Å². The van der Waals surface area contributed by atoms with Gasteiger partial charge in [0.05, 0.1) is 10.5 Å². The highest BCUT2D eigenvalue weighted by Gasteiger charge is 2.32. The Balaban J connectivity index is 3.37. The molecule has 7 heteroatoms. The topological polar surface area (TPSA) is 60.2 Å². The van der Waals surface area contributed by atoms with E-state index in [1.54, 1.807) is 0 Å². The van der Waals surface area contributed by atoms with E-state index in [-0.39, 0.29) is 11.8 Å². The van der Waals surface area contributed by atoms with Gasteiger partial charge in [0, 0.05) is 6.07 Å². The third-order valence-corrected chi connectivity index (χ3v) is 1.79. The average molecular weight is 243 g/mol. The minimum absolute atomic E-state index is 0.196. The van der Waals surface area contributed by atoms with Gasteiger partial charge in [-0.15, -0.1) is 0 Å². The number of nitro groups is 1. The average Bonchev–Trinajstić information content (AvgIpc) is 2.24. The van der Waals surface area contributed by atoms with Crippen LogP contribution in [-0.4, -0.2) is 11.2 Å². The predicted molar refractivity (Wildman–Crippen MR) is 51.0 cm³/mol. The van der Waals surface area contributed by atoms with Crippen LogP contribution in [0.25, 0.3) is 0 Å². The molecule has 0 spiro atoms. The summed E-state index contributed by atoms with van der Waals surface area (Å²) in [6.45, 7) is 0. The summed E-state index contributed by atoms with van der Waals surface area (Å²) >= 11 is 0. The van der Waals surface area contributed by atoms with Crippen molar-refractivity contribution in [3.05, 3.63) is 39.4 Å². The number of carbonyl (C=O) groups is 1. The van der Waals surface area contributed by atoms with Crippen LogP contribution in [0.2, 0.25) is 0 Å². The number of alkyl halides is 3. The van der Waals surface area contributed by atoms with Crippen LogP contribution in [0.3, 0.4) is 0 Å². The van der Waals surface area contributed by atoms with Crippen LogP contribution in [0.1, 0.15) is 11.1 Å². The third kappa shape index (κ3) is 3.04. The molecule has 0 saturated carbocycles. The number of nitro benzene ring substituents is 1. The first-order valence-corrected chi connectivity index (χ1v) is 4.17. The lowest BCUT2D eigenvalue weighted by Gasteiger charge is -2.06. The molecule has 1 rings (SSSR count). The molecule has 0 amide bonds. The van der Waals surface area contributed by atoms with Crippen molar-refractivity contribution >= 4 is 12.0 Å². The normalized spacial score (nSPS) is 10.3. The molecule has 0 atom stereocenters. The van der Waals surface area contributed by atoms with Crippen LogP contribution >= 0.6 is 0 Å². The highest BCUT2D eigenvalue weighted by molar-refractivity contribution is 5.75. The fraction of sp³-hybridized carbons (Fsp3) is 0.100. The molecule has 0 bridgehead atoms. The number of halogens is 3. The van der Waals surface area contributed by atoms with Crippen LogP contribution < -0.4 is 0 Å². The Morgan fingerprint density at radius 3 is 2.47 bits per heavy atom. The van der Waals surface area contributed by atoms with Gasteiger partial charge in [0.1, 0.15) is 5.56 Å². The monoisotopic (exact) mass is 243 g/mol. The molecule has 0 saturated heterocycles. The lowest BCUT2D eigenvalue weighted by Crippen LogP contribution is -2.06. The van der Waals surface area contributed by atoms with E-state index in [0.717, 1.165) is 6.07 Å². The Morgan fingerprint density at radius 2 is 2.00 bits per heavy atom. The first kappa shape index (κ1) is 12.7. The van der Waals surface area contributed by atoms with Gasteiger partial charge in [-0.2, -0.15) is 13.2 Å². The molecule has 0 aromatic heterocycles. The van der Waals surface area contributed by atoms with Crippen molar-refractivity contribution in [3.63, 3.8) is 0 Å². The van der Waals surface area contributed by atoms with Gasteiger partial charge in [-0.1, -0.05) is 5.92 Å². The third-order valence-electron chi connectivity index (χ3n) is 1.79. The second kappa shape index (κ2) is 4.65. The quantitative estimate of drug-likeness (QED) is 0.328. The van der Waals surface area contributed by atoms with E-state index in [2.05, 4.69) is 5.92 Å². The second-order valence-corrected chi connectivity index (χ2v) is 2.87. The summed E-state index contributed by atoms with van der Waals surface area (Å²) < 4.78 is 36.9. The first-order valence-electron chi connectivity index (χ1n) is 4.17. The molecule has 0 aliphatic carbocycles. The van der Waals surface area contributed by atoms with E-state index < -0.39 is 22.4 Å². The number of benzene rings is 1. The summed E-state index contributed by atoms with van der Waals surface area (Å²) in [5, 5.41) is 10.5. The lowest BCUT2D eigenvalue weighted by molar-refractivity contribution is -0.385. The van der Waals surface area contributed by atoms with Crippen LogP contribution in [0.5, 0.6) is 0 Å². The highest BCUT2D eigenvalue weighted by atomic mass is 19.4. The van der Waals surface area contributed by atoms with Gasteiger partial charge >= 0.3 is 6.18 Å². The van der Waals surface area contributed by atoms with Gasteiger partial charge in [0.25, 0.3) is 5.69 Å². The van der Waals surface area contributed by atoms with Gasteiger partial charge in [-0.3, -0.25) is 14.9 Å². The van der Waals surface area contributed by atoms with Gasteiger partial charge < -0.3 is 0 Å². The summed E-state index contributed by atoms with van der Waals surface area (Å²) in [6.07, 6.45) is -4.47. The maximum atomic E-state index is 12.3. The van der Waals surface area contributed by atoms with Crippen LogP contribution in [0.15, 0.2) is 18.2 Å². The van der Waals surface area contributed by atoms with Crippen molar-refractivity contribution in [2.75, 3.05) is 0 Å².